The summed E-state index contributed by atoms with van der Waals surface area (Å²) in [6.07, 6.45) is 0. The fraction of sp³-hybridized carbons (Fsp3) is 0.727. The first-order chi connectivity index (χ1) is 7.58. The Labute approximate surface area is 110 Å². The van der Waals surface area contributed by atoms with Gasteiger partial charge in [-0.1, -0.05) is 6.92 Å². The van der Waals surface area contributed by atoms with E-state index in [1.807, 2.05) is 18.7 Å². The summed E-state index contributed by atoms with van der Waals surface area (Å²) in [5, 5.41) is 5.18. The van der Waals surface area contributed by atoms with Crippen molar-refractivity contribution in [1.82, 2.24) is 14.7 Å². The van der Waals surface area contributed by atoms with Gasteiger partial charge in [0.25, 0.3) is 0 Å². The van der Waals surface area contributed by atoms with Crippen LogP contribution in [0.15, 0.2) is 4.47 Å². The maximum Gasteiger partial charge on any atom is 0.0739 e. The van der Waals surface area contributed by atoms with Crippen LogP contribution in [0.3, 0.4) is 0 Å². The molecule has 1 aliphatic heterocycles. The van der Waals surface area contributed by atoms with E-state index in [4.69, 9.17) is 0 Å². The number of thioether (sulfide) groups is 1. The van der Waals surface area contributed by atoms with E-state index >= 15 is 0 Å². The highest BCUT2D eigenvalue weighted by Gasteiger charge is 2.19. The predicted octanol–water partition coefficient (Wildman–Crippen LogP) is 2.43. The van der Waals surface area contributed by atoms with E-state index in [1.165, 1.54) is 29.0 Å². The Balaban J connectivity index is 2.08. The monoisotopic (exact) mass is 303 g/mol. The molecule has 90 valence electrons. The van der Waals surface area contributed by atoms with Crippen molar-refractivity contribution in [2.75, 3.05) is 18.8 Å². The summed E-state index contributed by atoms with van der Waals surface area (Å²) >= 11 is 5.70. The summed E-state index contributed by atoms with van der Waals surface area (Å²) in [5.41, 5.74) is 2.37. The normalized spacial score (nSPS) is 22.6. The van der Waals surface area contributed by atoms with Crippen molar-refractivity contribution >= 4 is 27.7 Å². The number of aromatic nitrogens is 2. The molecule has 1 aromatic rings. The minimum atomic E-state index is 0.752. The average Bonchev–Trinajstić information content (AvgIpc) is 2.45. The molecule has 0 N–H and O–H groups in total. The van der Waals surface area contributed by atoms with E-state index in [0.29, 0.717) is 0 Å². The number of nitrogens with zero attached hydrogens (tertiary/aromatic N) is 3. The largest absolute Gasteiger partial charge is 0.296 e. The molecule has 0 saturated carbocycles. The molecule has 1 aromatic heterocycles. The Morgan fingerprint density at radius 1 is 1.56 bits per heavy atom. The molecule has 3 nitrogen and oxygen atoms in total. The second-order valence-electron chi connectivity index (χ2n) is 4.39. The van der Waals surface area contributed by atoms with Crippen LogP contribution in [-0.4, -0.2) is 38.8 Å². The summed E-state index contributed by atoms with van der Waals surface area (Å²) in [6, 6.07) is 0. The molecule has 0 aromatic carbocycles. The summed E-state index contributed by atoms with van der Waals surface area (Å²) in [6.45, 7) is 7.72. The zero-order valence-corrected chi connectivity index (χ0v) is 12.4. The van der Waals surface area contributed by atoms with E-state index in [9.17, 15) is 0 Å². The molecule has 0 radical (unpaired) electrons. The molecule has 2 rings (SSSR count). The minimum absolute atomic E-state index is 0.752. The Hall–Kier alpha value is -0.000000000000000111. The van der Waals surface area contributed by atoms with Gasteiger partial charge in [-0.3, -0.25) is 9.58 Å². The van der Waals surface area contributed by atoms with Gasteiger partial charge in [-0.2, -0.15) is 16.9 Å². The van der Waals surface area contributed by atoms with E-state index in [1.54, 1.807) is 0 Å². The van der Waals surface area contributed by atoms with Crippen molar-refractivity contribution < 1.29 is 0 Å². The van der Waals surface area contributed by atoms with Crippen molar-refractivity contribution in [2.24, 2.45) is 7.05 Å². The Bertz CT molecular complexity index is 378. The van der Waals surface area contributed by atoms with Crippen LogP contribution in [0.2, 0.25) is 0 Å². The highest BCUT2D eigenvalue weighted by atomic mass is 79.9. The second kappa shape index (κ2) is 5.10. The first-order valence-electron chi connectivity index (χ1n) is 5.60. The molecule has 1 atom stereocenters. The van der Waals surface area contributed by atoms with Crippen LogP contribution in [0.25, 0.3) is 0 Å². The number of rotatable bonds is 2. The first kappa shape index (κ1) is 12.5. The van der Waals surface area contributed by atoms with Gasteiger partial charge in [0.15, 0.2) is 0 Å². The SMILES string of the molecule is Cc1nn(C)c(CN2CCSC(C)C2)c1Br. The fourth-order valence-corrected chi connectivity index (χ4v) is 3.64. The summed E-state index contributed by atoms with van der Waals surface area (Å²) in [5.74, 6) is 1.25. The van der Waals surface area contributed by atoms with Gasteiger partial charge in [0.1, 0.15) is 0 Å². The van der Waals surface area contributed by atoms with Gasteiger partial charge >= 0.3 is 0 Å². The molecule has 1 saturated heterocycles. The third kappa shape index (κ3) is 2.63. The van der Waals surface area contributed by atoms with E-state index in [0.717, 1.165) is 17.5 Å². The summed E-state index contributed by atoms with van der Waals surface area (Å²) < 4.78 is 3.16. The maximum absolute atomic E-state index is 4.43. The molecular formula is C11H18BrN3S. The highest BCUT2D eigenvalue weighted by Crippen LogP contribution is 2.24. The molecule has 0 spiro atoms. The topological polar surface area (TPSA) is 21.1 Å². The van der Waals surface area contributed by atoms with Crippen LogP contribution < -0.4 is 0 Å². The van der Waals surface area contributed by atoms with Crippen molar-refractivity contribution in [2.45, 2.75) is 25.6 Å². The molecule has 5 heteroatoms. The molecule has 1 aliphatic rings. The number of halogens is 1. The number of hydrogen-bond donors (Lipinski definition) is 0. The Kier molecular flexibility index (Phi) is 3.97. The van der Waals surface area contributed by atoms with Crippen LogP contribution in [-0.2, 0) is 13.6 Å². The maximum atomic E-state index is 4.43. The Morgan fingerprint density at radius 2 is 2.31 bits per heavy atom. The number of aryl methyl sites for hydroxylation is 2. The summed E-state index contributed by atoms with van der Waals surface area (Å²) in [4.78, 5) is 2.52. The van der Waals surface area contributed by atoms with Gasteiger partial charge in [-0.25, -0.2) is 0 Å². The predicted molar refractivity (Wildman–Crippen MR) is 72.8 cm³/mol. The van der Waals surface area contributed by atoms with Crippen molar-refractivity contribution in [3.63, 3.8) is 0 Å². The van der Waals surface area contributed by atoms with Crippen molar-refractivity contribution in [1.29, 1.82) is 0 Å². The zero-order chi connectivity index (χ0) is 11.7. The van der Waals surface area contributed by atoms with Crippen LogP contribution in [0.1, 0.15) is 18.3 Å². The molecule has 0 amide bonds. The third-order valence-electron chi connectivity index (χ3n) is 2.96. The van der Waals surface area contributed by atoms with Crippen LogP contribution >= 0.6 is 27.7 Å². The molecule has 0 aliphatic carbocycles. The minimum Gasteiger partial charge on any atom is -0.296 e. The van der Waals surface area contributed by atoms with Gasteiger partial charge < -0.3 is 0 Å². The summed E-state index contributed by atoms with van der Waals surface area (Å²) in [7, 11) is 2.02. The molecule has 16 heavy (non-hydrogen) atoms. The lowest BCUT2D eigenvalue weighted by molar-refractivity contribution is 0.270. The fourth-order valence-electron chi connectivity index (χ4n) is 2.10. The lowest BCUT2D eigenvalue weighted by atomic mass is 10.3. The van der Waals surface area contributed by atoms with Gasteiger partial charge in [-0.05, 0) is 22.9 Å². The lowest BCUT2D eigenvalue weighted by Gasteiger charge is -2.30. The third-order valence-corrected chi connectivity index (χ3v) is 5.13. The van der Waals surface area contributed by atoms with E-state index in [-0.39, 0.29) is 0 Å². The highest BCUT2D eigenvalue weighted by molar-refractivity contribution is 9.10. The van der Waals surface area contributed by atoms with Gasteiger partial charge in [0, 0.05) is 37.7 Å². The standard InChI is InChI=1S/C11H18BrN3S/c1-8-6-15(4-5-16-8)7-10-11(12)9(2)13-14(10)3/h8H,4-7H2,1-3H3. The molecule has 1 unspecified atom stereocenters. The smallest absolute Gasteiger partial charge is 0.0739 e. The average molecular weight is 304 g/mol. The van der Waals surface area contributed by atoms with Crippen LogP contribution in [0.4, 0.5) is 0 Å². The van der Waals surface area contributed by atoms with E-state index in [2.05, 4.69) is 44.6 Å². The molecule has 0 bridgehead atoms. The molecular weight excluding hydrogens is 286 g/mol. The molecule has 2 heterocycles. The molecule has 1 fully saturated rings. The second-order valence-corrected chi connectivity index (χ2v) is 6.73. The van der Waals surface area contributed by atoms with Crippen molar-refractivity contribution in [3.05, 3.63) is 15.9 Å². The lowest BCUT2D eigenvalue weighted by Crippen LogP contribution is -2.36. The van der Waals surface area contributed by atoms with Crippen molar-refractivity contribution in [3.8, 4) is 0 Å². The number of hydrogen-bond acceptors (Lipinski definition) is 3. The van der Waals surface area contributed by atoms with Gasteiger partial charge in [0.05, 0.1) is 15.9 Å². The van der Waals surface area contributed by atoms with Crippen LogP contribution in [0.5, 0.6) is 0 Å². The van der Waals surface area contributed by atoms with Gasteiger partial charge in [0.2, 0.25) is 0 Å². The van der Waals surface area contributed by atoms with Gasteiger partial charge in [-0.15, -0.1) is 0 Å². The zero-order valence-electron chi connectivity index (χ0n) is 10.0. The Morgan fingerprint density at radius 3 is 2.88 bits per heavy atom. The van der Waals surface area contributed by atoms with Crippen LogP contribution in [0, 0.1) is 6.92 Å². The van der Waals surface area contributed by atoms with E-state index < -0.39 is 0 Å². The first-order valence-corrected chi connectivity index (χ1v) is 7.44. The quantitative estimate of drug-likeness (QED) is 0.837.